The van der Waals surface area contributed by atoms with Gasteiger partial charge in [-0.3, -0.25) is 4.79 Å². The number of carbonyl (C=O) groups excluding carboxylic acids is 1. The number of nitrogens with two attached hydrogens (primary N) is 1. The van der Waals surface area contributed by atoms with Crippen LogP contribution in [0.3, 0.4) is 0 Å². The van der Waals surface area contributed by atoms with E-state index < -0.39 is 33.3 Å². The van der Waals surface area contributed by atoms with E-state index in [-0.39, 0.29) is 40.0 Å². The van der Waals surface area contributed by atoms with Crippen LogP contribution in [0.5, 0.6) is 23.0 Å². The first-order valence-corrected chi connectivity index (χ1v) is 11.5. The predicted molar refractivity (Wildman–Crippen MR) is 117 cm³/mol. The Morgan fingerprint density at radius 3 is 2.59 bits per heavy atom. The van der Waals surface area contributed by atoms with Gasteiger partial charge in [-0.15, -0.1) is 13.2 Å². The number of amides is 1. The van der Waals surface area contributed by atoms with Crippen molar-refractivity contribution in [1.29, 1.82) is 0 Å². The molecule has 1 aliphatic rings. The van der Waals surface area contributed by atoms with Gasteiger partial charge in [-0.2, -0.15) is 0 Å². The van der Waals surface area contributed by atoms with Crippen LogP contribution >= 0.6 is 11.6 Å². The molecule has 34 heavy (non-hydrogen) atoms. The Balaban J connectivity index is 1.98. The number of para-hydroxylation sites is 1. The van der Waals surface area contributed by atoms with Gasteiger partial charge in [0.25, 0.3) is 5.91 Å². The Morgan fingerprint density at radius 2 is 1.94 bits per heavy atom. The Labute approximate surface area is 197 Å². The van der Waals surface area contributed by atoms with Crippen LogP contribution in [0, 0.1) is 0 Å². The van der Waals surface area contributed by atoms with Crippen LogP contribution < -0.4 is 24.7 Å². The molecule has 182 valence electrons. The van der Waals surface area contributed by atoms with Gasteiger partial charge in [-0.1, -0.05) is 23.7 Å². The first-order chi connectivity index (χ1) is 15.9. The van der Waals surface area contributed by atoms with E-state index in [9.17, 15) is 26.4 Å². The number of hydrogen-bond donors (Lipinski definition) is 2. The molecule has 0 spiro atoms. The van der Waals surface area contributed by atoms with Crippen molar-refractivity contribution in [3.8, 4) is 23.0 Å². The van der Waals surface area contributed by atoms with E-state index in [0.29, 0.717) is 0 Å². The van der Waals surface area contributed by atoms with Crippen molar-refractivity contribution in [1.82, 2.24) is 5.32 Å². The minimum atomic E-state index is -4.98. The van der Waals surface area contributed by atoms with Gasteiger partial charge < -0.3 is 19.5 Å². The minimum Gasteiger partial charge on any atom is -0.491 e. The highest BCUT2D eigenvalue weighted by Gasteiger charge is 2.32. The summed E-state index contributed by atoms with van der Waals surface area (Å²) in [7, 11) is -2.58. The summed E-state index contributed by atoms with van der Waals surface area (Å²) in [4.78, 5) is 12.9. The molecular formula is C21H18ClF3N2O6S. The van der Waals surface area contributed by atoms with Crippen molar-refractivity contribution >= 4 is 27.5 Å². The van der Waals surface area contributed by atoms with Crippen molar-refractivity contribution in [2.45, 2.75) is 18.0 Å². The van der Waals surface area contributed by atoms with Gasteiger partial charge in [0.15, 0.2) is 11.5 Å². The van der Waals surface area contributed by atoms with Gasteiger partial charge in [0, 0.05) is 11.8 Å². The highest BCUT2D eigenvalue weighted by atomic mass is 35.5. The third kappa shape index (κ3) is 6.43. The van der Waals surface area contributed by atoms with E-state index >= 15 is 0 Å². The molecule has 0 bridgehead atoms. The fraction of sp³-hybridized carbons (Fsp3) is 0.190. The molecule has 0 saturated heterocycles. The number of benzene rings is 2. The molecule has 3 N–H and O–H groups in total. The summed E-state index contributed by atoms with van der Waals surface area (Å²) >= 11 is 6.06. The number of carbonyl (C=O) groups is 1. The molecular weight excluding hydrogens is 501 g/mol. The molecule has 0 heterocycles. The van der Waals surface area contributed by atoms with Crippen LogP contribution in [0.25, 0.3) is 0 Å². The monoisotopic (exact) mass is 518 g/mol. The summed E-state index contributed by atoms with van der Waals surface area (Å²) in [6, 6.07) is 7.33. The molecule has 1 atom stereocenters. The Hall–Kier alpha value is -3.22. The molecule has 13 heteroatoms. The zero-order valence-electron chi connectivity index (χ0n) is 17.4. The lowest BCUT2D eigenvalue weighted by Gasteiger charge is -2.18. The summed E-state index contributed by atoms with van der Waals surface area (Å²) in [5.74, 6) is -1.61. The topological polar surface area (TPSA) is 117 Å². The van der Waals surface area contributed by atoms with Gasteiger partial charge in [-0.05, 0) is 42.8 Å². The number of hydrogen-bond acceptors (Lipinski definition) is 6. The van der Waals surface area contributed by atoms with E-state index in [1.807, 2.05) is 0 Å². The van der Waals surface area contributed by atoms with Crippen LogP contribution in [0.1, 0.15) is 16.8 Å². The molecule has 0 saturated carbocycles. The van der Waals surface area contributed by atoms with Crippen molar-refractivity contribution in [2.24, 2.45) is 5.14 Å². The highest BCUT2D eigenvalue weighted by Crippen LogP contribution is 2.39. The third-order valence-electron chi connectivity index (χ3n) is 4.50. The number of halogens is 4. The molecule has 0 aromatic heterocycles. The van der Waals surface area contributed by atoms with E-state index in [4.69, 9.17) is 26.2 Å². The maximum atomic E-state index is 12.9. The van der Waals surface area contributed by atoms with E-state index in [1.54, 1.807) is 0 Å². The molecule has 0 fully saturated rings. The second kappa shape index (κ2) is 9.95. The number of sulfonamides is 1. The van der Waals surface area contributed by atoms with Crippen molar-refractivity contribution in [3.05, 3.63) is 70.9 Å². The maximum Gasteiger partial charge on any atom is 0.573 e. The third-order valence-corrected chi connectivity index (χ3v) is 5.97. The van der Waals surface area contributed by atoms with E-state index in [1.165, 1.54) is 43.5 Å². The first kappa shape index (κ1) is 25.4. The summed E-state index contributed by atoms with van der Waals surface area (Å²) in [5, 5.41) is 6.78. The second-order valence-corrected chi connectivity index (χ2v) is 9.11. The minimum absolute atomic E-state index is 0.0271. The number of methoxy groups -OCH3 is 1. The fourth-order valence-electron chi connectivity index (χ4n) is 3.02. The van der Waals surface area contributed by atoms with Gasteiger partial charge >= 0.3 is 6.36 Å². The molecule has 1 unspecified atom stereocenters. The SMILES string of the molecule is COc1c(Cl)cccc1Oc1cc(OC(F)(F)F)ccc1C(=O)NC1=CC(S(N)(=O)=O)CC=C1. The number of alkyl halides is 3. The van der Waals surface area contributed by atoms with Crippen LogP contribution in [0.2, 0.25) is 5.02 Å². The summed E-state index contributed by atoms with van der Waals surface area (Å²) in [6.45, 7) is 0. The number of nitrogens with one attached hydrogen (secondary N) is 1. The Morgan fingerprint density at radius 1 is 1.21 bits per heavy atom. The zero-order valence-corrected chi connectivity index (χ0v) is 19.0. The molecule has 1 aliphatic carbocycles. The van der Waals surface area contributed by atoms with Gasteiger partial charge in [0.05, 0.1) is 22.9 Å². The Bertz CT molecular complexity index is 1260. The lowest BCUT2D eigenvalue weighted by Crippen LogP contribution is -2.31. The lowest BCUT2D eigenvalue weighted by molar-refractivity contribution is -0.274. The van der Waals surface area contributed by atoms with Crippen LogP contribution in [0.15, 0.2) is 60.3 Å². The first-order valence-electron chi connectivity index (χ1n) is 9.49. The van der Waals surface area contributed by atoms with Crippen LogP contribution in [-0.4, -0.2) is 33.0 Å². The molecule has 1 amide bonds. The van der Waals surface area contributed by atoms with Crippen LogP contribution in [0.4, 0.5) is 13.2 Å². The molecule has 8 nitrogen and oxygen atoms in total. The normalized spacial score (nSPS) is 15.9. The number of ether oxygens (including phenoxy) is 3. The number of allylic oxidation sites excluding steroid dienone is 2. The lowest BCUT2D eigenvalue weighted by atomic mass is 10.1. The smallest absolute Gasteiger partial charge is 0.491 e. The zero-order chi connectivity index (χ0) is 25.1. The Kier molecular flexibility index (Phi) is 7.44. The molecule has 2 aromatic rings. The fourth-order valence-corrected chi connectivity index (χ4v) is 3.98. The van der Waals surface area contributed by atoms with E-state index in [2.05, 4.69) is 10.1 Å². The molecule has 2 aromatic carbocycles. The largest absolute Gasteiger partial charge is 0.573 e. The van der Waals surface area contributed by atoms with E-state index in [0.717, 1.165) is 18.2 Å². The second-order valence-electron chi connectivity index (χ2n) is 6.92. The average Bonchev–Trinajstić information content (AvgIpc) is 2.72. The summed E-state index contributed by atoms with van der Waals surface area (Å²) in [5.41, 5.74) is -0.0410. The van der Waals surface area contributed by atoms with Crippen molar-refractivity contribution < 1.29 is 40.6 Å². The standard InChI is InChI=1S/C21H18ClF3N2O6S/c1-31-19-16(22)6-3-7-17(19)32-18-11-13(33-21(23,24)25)8-9-15(18)20(28)27-12-4-2-5-14(10-12)34(26,29)30/h2-4,6-11,14H,5H2,1H3,(H,27,28)(H2,26,29,30). The summed E-state index contributed by atoms with van der Waals surface area (Å²) < 4.78 is 76.2. The molecule has 0 aliphatic heterocycles. The number of primary sulfonamides is 1. The average molecular weight is 519 g/mol. The quantitative estimate of drug-likeness (QED) is 0.565. The van der Waals surface area contributed by atoms with Gasteiger partial charge in [0.1, 0.15) is 11.5 Å². The highest BCUT2D eigenvalue weighted by molar-refractivity contribution is 7.89. The molecule has 3 rings (SSSR count). The maximum absolute atomic E-state index is 12.9. The van der Waals surface area contributed by atoms with Crippen molar-refractivity contribution in [2.75, 3.05) is 7.11 Å². The van der Waals surface area contributed by atoms with Crippen molar-refractivity contribution in [3.63, 3.8) is 0 Å². The van der Waals surface area contributed by atoms with Crippen LogP contribution in [-0.2, 0) is 10.0 Å². The summed E-state index contributed by atoms with van der Waals surface area (Å²) in [6.07, 6.45) is -0.602. The predicted octanol–water partition coefficient (Wildman–Crippen LogP) is 4.27. The van der Waals surface area contributed by atoms with Gasteiger partial charge in [0.2, 0.25) is 10.0 Å². The number of rotatable bonds is 7. The molecule has 0 radical (unpaired) electrons. The van der Waals surface area contributed by atoms with Gasteiger partial charge in [-0.25, -0.2) is 13.6 Å².